The van der Waals surface area contributed by atoms with Crippen LogP contribution in [-0.4, -0.2) is 33.0 Å². The Labute approximate surface area is 147 Å². The van der Waals surface area contributed by atoms with Gasteiger partial charge < -0.3 is 14.4 Å². The van der Waals surface area contributed by atoms with Crippen molar-refractivity contribution < 1.29 is 4.52 Å². The third kappa shape index (κ3) is 4.28. The molecule has 0 aromatic carbocycles. The van der Waals surface area contributed by atoms with Gasteiger partial charge in [0.05, 0.1) is 11.4 Å². The Morgan fingerprint density at radius 2 is 2.09 bits per heavy atom. The minimum atomic E-state index is 0. The van der Waals surface area contributed by atoms with Crippen LogP contribution in [0.5, 0.6) is 0 Å². The predicted molar refractivity (Wildman–Crippen MR) is 93.2 cm³/mol. The predicted octanol–water partition coefficient (Wildman–Crippen LogP) is 3.11. The molecular formula is C15H24ClN5OS. The average molecular weight is 358 g/mol. The summed E-state index contributed by atoms with van der Waals surface area (Å²) in [6, 6.07) is 2.03. The van der Waals surface area contributed by atoms with E-state index in [1.807, 2.05) is 6.07 Å². The molecule has 0 unspecified atom stereocenters. The van der Waals surface area contributed by atoms with Crippen LogP contribution in [0.2, 0.25) is 0 Å². The molecule has 1 saturated heterocycles. The summed E-state index contributed by atoms with van der Waals surface area (Å²) < 4.78 is 7.50. The van der Waals surface area contributed by atoms with Crippen molar-refractivity contribution in [3.8, 4) is 0 Å². The number of thioether (sulfide) groups is 1. The first-order valence-corrected chi connectivity index (χ1v) is 8.82. The van der Waals surface area contributed by atoms with Crippen LogP contribution in [0.4, 0.5) is 0 Å². The summed E-state index contributed by atoms with van der Waals surface area (Å²) in [5.41, 5.74) is 1.00. The number of hydrogen-bond acceptors (Lipinski definition) is 6. The highest BCUT2D eigenvalue weighted by atomic mass is 35.5. The van der Waals surface area contributed by atoms with Gasteiger partial charge in [0.1, 0.15) is 11.6 Å². The first-order chi connectivity index (χ1) is 10.6. The average Bonchev–Trinajstić information content (AvgIpc) is 3.13. The van der Waals surface area contributed by atoms with Crippen LogP contribution in [0.1, 0.15) is 55.8 Å². The molecule has 2 aromatic heterocycles. The van der Waals surface area contributed by atoms with Gasteiger partial charge in [-0.05, 0) is 31.8 Å². The second-order valence-electron chi connectivity index (χ2n) is 6.09. The Bertz CT molecular complexity index is 621. The fourth-order valence-corrected chi connectivity index (χ4v) is 3.49. The maximum absolute atomic E-state index is 5.37. The highest BCUT2D eigenvalue weighted by molar-refractivity contribution is 7.98. The second-order valence-corrected chi connectivity index (χ2v) is 7.03. The van der Waals surface area contributed by atoms with Crippen molar-refractivity contribution in [3.05, 3.63) is 23.3 Å². The molecule has 8 heteroatoms. The summed E-state index contributed by atoms with van der Waals surface area (Å²) in [7, 11) is 2.06. The number of piperidine rings is 1. The summed E-state index contributed by atoms with van der Waals surface area (Å²) in [6.45, 7) is 6.36. The fourth-order valence-electron chi connectivity index (χ4n) is 2.69. The van der Waals surface area contributed by atoms with Crippen LogP contribution in [0.15, 0.2) is 15.7 Å². The van der Waals surface area contributed by atoms with Crippen LogP contribution in [0.25, 0.3) is 0 Å². The van der Waals surface area contributed by atoms with E-state index in [1.165, 1.54) is 0 Å². The first kappa shape index (κ1) is 18.3. The number of nitrogens with zero attached hydrogens (tertiary/aromatic N) is 4. The first-order valence-electron chi connectivity index (χ1n) is 7.83. The summed E-state index contributed by atoms with van der Waals surface area (Å²) in [5.74, 6) is 3.64. The minimum Gasteiger partial charge on any atom is -0.360 e. The van der Waals surface area contributed by atoms with Gasteiger partial charge in [-0.25, -0.2) is 0 Å². The van der Waals surface area contributed by atoms with Gasteiger partial charge in [-0.1, -0.05) is 30.8 Å². The van der Waals surface area contributed by atoms with Crippen LogP contribution >= 0.6 is 24.2 Å². The number of halogens is 1. The minimum absolute atomic E-state index is 0. The van der Waals surface area contributed by atoms with Gasteiger partial charge in [-0.15, -0.1) is 22.6 Å². The zero-order chi connectivity index (χ0) is 15.5. The van der Waals surface area contributed by atoms with Crippen molar-refractivity contribution in [1.82, 2.24) is 25.2 Å². The largest absolute Gasteiger partial charge is 0.360 e. The van der Waals surface area contributed by atoms with Crippen LogP contribution in [-0.2, 0) is 12.8 Å². The Balaban J connectivity index is 0.00000192. The van der Waals surface area contributed by atoms with E-state index in [-0.39, 0.29) is 12.4 Å². The Morgan fingerprint density at radius 3 is 2.74 bits per heavy atom. The van der Waals surface area contributed by atoms with E-state index >= 15 is 0 Å². The molecule has 0 aliphatic carbocycles. The Kier molecular flexibility index (Phi) is 6.50. The lowest BCUT2D eigenvalue weighted by atomic mass is 9.97. The molecule has 3 rings (SSSR count). The van der Waals surface area contributed by atoms with E-state index < -0.39 is 0 Å². The molecule has 1 N–H and O–H groups in total. The van der Waals surface area contributed by atoms with Crippen molar-refractivity contribution in [2.45, 2.75) is 49.4 Å². The smallest absolute Gasteiger partial charge is 0.191 e. The van der Waals surface area contributed by atoms with Gasteiger partial charge in [0.25, 0.3) is 0 Å². The molecule has 128 valence electrons. The number of rotatable bonds is 5. The van der Waals surface area contributed by atoms with Crippen molar-refractivity contribution in [2.75, 3.05) is 13.1 Å². The zero-order valence-corrected chi connectivity index (χ0v) is 15.4. The number of aromatic nitrogens is 4. The lowest BCUT2D eigenvalue weighted by Gasteiger charge is -2.21. The van der Waals surface area contributed by atoms with E-state index in [4.69, 9.17) is 4.52 Å². The third-order valence-corrected chi connectivity index (χ3v) is 5.13. The summed E-state index contributed by atoms with van der Waals surface area (Å²) >= 11 is 1.65. The molecule has 0 atom stereocenters. The highest BCUT2D eigenvalue weighted by Crippen LogP contribution is 2.28. The van der Waals surface area contributed by atoms with Crippen molar-refractivity contribution in [3.63, 3.8) is 0 Å². The monoisotopic (exact) mass is 357 g/mol. The van der Waals surface area contributed by atoms with Gasteiger partial charge in [0.15, 0.2) is 5.16 Å². The van der Waals surface area contributed by atoms with E-state index in [2.05, 4.69) is 46.1 Å². The number of hydrogen-bond donors (Lipinski definition) is 1. The van der Waals surface area contributed by atoms with Crippen molar-refractivity contribution in [2.24, 2.45) is 7.05 Å². The molecule has 0 spiro atoms. The molecule has 0 radical (unpaired) electrons. The molecule has 2 aromatic rings. The Morgan fingerprint density at radius 1 is 1.35 bits per heavy atom. The molecule has 1 fully saturated rings. The van der Waals surface area contributed by atoms with Crippen LogP contribution in [0.3, 0.4) is 0 Å². The molecule has 0 bridgehead atoms. The zero-order valence-electron chi connectivity index (χ0n) is 13.8. The topological polar surface area (TPSA) is 68.8 Å². The van der Waals surface area contributed by atoms with Gasteiger partial charge >= 0.3 is 0 Å². The van der Waals surface area contributed by atoms with Gasteiger partial charge in [-0.3, -0.25) is 0 Å². The van der Waals surface area contributed by atoms with Crippen LogP contribution < -0.4 is 5.32 Å². The molecule has 0 amide bonds. The van der Waals surface area contributed by atoms with Gasteiger partial charge in [0.2, 0.25) is 0 Å². The second kappa shape index (κ2) is 8.17. The van der Waals surface area contributed by atoms with E-state index in [0.717, 1.165) is 54.1 Å². The normalized spacial score (nSPS) is 15.8. The van der Waals surface area contributed by atoms with Crippen LogP contribution in [0, 0.1) is 0 Å². The standard InChI is InChI=1S/C15H23N5OS.ClH/c1-10(2)13-8-12(21-19-13)9-22-15-18-17-14(20(15)3)11-4-6-16-7-5-11;/h8,10-11,16H,4-7,9H2,1-3H3;1H. The molecule has 23 heavy (non-hydrogen) atoms. The molecule has 0 saturated carbocycles. The molecule has 3 heterocycles. The van der Waals surface area contributed by atoms with Gasteiger partial charge in [-0.2, -0.15) is 0 Å². The van der Waals surface area contributed by atoms with Crippen molar-refractivity contribution in [1.29, 1.82) is 0 Å². The fraction of sp³-hybridized carbons (Fsp3) is 0.667. The quantitative estimate of drug-likeness (QED) is 0.829. The third-order valence-electron chi connectivity index (χ3n) is 4.09. The SMILES string of the molecule is CC(C)c1cc(CSc2nnc(C3CCNCC3)n2C)on1.Cl. The summed E-state index contributed by atoms with van der Waals surface area (Å²) in [5, 5.41) is 17.2. The molecule has 6 nitrogen and oxygen atoms in total. The number of nitrogens with one attached hydrogen (secondary N) is 1. The molecule has 1 aliphatic heterocycles. The lowest BCUT2D eigenvalue weighted by molar-refractivity contribution is 0.385. The van der Waals surface area contributed by atoms with Crippen molar-refractivity contribution >= 4 is 24.2 Å². The Hall–Kier alpha value is -1.05. The van der Waals surface area contributed by atoms with E-state index in [1.54, 1.807) is 11.8 Å². The maximum atomic E-state index is 5.37. The van der Waals surface area contributed by atoms with E-state index in [9.17, 15) is 0 Å². The lowest BCUT2D eigenvalue weighted by Crippen LogP contribution is -2.27. The molecule has 1 aliphatic rings. The summed E-state index contributed by atoms with van der Waals surface area (Å²) in [6.07, 6.45) is 2.27. The molecular weight excluding hydrogens is 334 g/mol. The highest BCUT2D eigenvalue weighted by Gasteiger charge is 2.22. The summed E-state index contributed by atoms with van der Waals surface area (Å²) in [4.78, 5) is 0. The van der Waals surface area contributed by atoms with E-state index in [0.29, 0.717) is 11.8 Å². The maximum Gasteiger partial charge on any atom is 0.191 e. The van der Waals surface area contributed by atoms with Gasteiger partial charge in [0, 0.05) is 19.0 Å².